The Hall–Kier alpha value is -0.380. The summed E-state index contributed by atoms with van der Waals surface area (Å²) in [5.74, 6) is 0. The average Bonchev–Trinajstić information content (AvgIpc) is 2.85. The first-order valence-corrected chi connectivity index (χ1v) is 8.59. The predicted octanol–water partition coefficient (Wildman–Crippen LogP) is 3.58. The quantitative estimate of drug-likeness (QED) is 0.886. The summed E-state index contributed by atoms with van der Waals surface area (Å²) in [4.78, 5) is 3.15. The van der Waals surface area contributed by atoms with Crippen molar-refractivity contribution in [2.45, 2.75) is 76.5 Å². The molecule has 0 spiro atoms. The zero-order valence-corrected chi connectivity index (χ0v) is 12.6. The fourth-order valence-corrected chi connectivity index (χ4v) is 4.67. The van der Waals surface area contributed by atoms with Gasteiger partial charge in [-0.25, -0.2) is 0 Å². The summed E-state index contributed by atoms with van der Waals surface area (Å²) in [6, 6.07) is 3.50. The second-order valence-electron chi connectivity index (χ2n) is 6.20. The summed E-state index contributed by atoms with van der Waals surface area (Å²) < 4.78 is 0. The highest BCUT2D eigenvalue weighted by molar-refractivity contribution is 7.12. The van der Waals surface area contributed by atoms with Crippen LogP contribution in [0, 0.1) is 0 Å². The minimum atomic E-state index is -0.0533. The van der Waals surface area contributed by atoms with Crippen LogP contribution in [0.2, 0.25) is 0 Å². The van der Waals surface area contributed by atoms with Crippen molar-refractivity contribution in [2.75, 3.05) is 0 Å². The van der Waals surface area contributed by atoms with Crippen molar-refractivity contribution in [2.24, 2.45) is 0 Å². The highest BCUT2D eigenvalue weighted by Gasteiger charge is 2.22. The van der Waals surface area contributed by atoms with Crippen molar-refractivity contribution in [3.8, 4) is 0 Å². The van der Waals surface area contributed by atoms with Crippen LogP contribution in [-0.2, 0) is 12.8 Å². The second kappa shape index (κ2) is 5.94. The van der Waals surface area contributed by atoms with E-state index in [2.05, 4.69) is 18.3 Å². The molecule has 2 aliphatic rings. The largest absolute Gasteiger partial charge is 0.393 e. The first kappa shape index (κ1) is 13.6. The highest BCUT2D eigenvalue weighted by atomic mass is 32.1. The monoisotopic (exact) mass is 279 g/mol. The van der Waals surface area contributed by atoms with Crippen LogP contribution in [0.15, 0.2) is 6.07 Å². The molecule has 3 rings (SSSR count). The van der Waals surface area contributed by atoms with Gasteiger partial charge in [0.2, 0.25) is 0 Å². The van der Waals surface area contributed by atoms with Crippen LogP contribution in [0.5, 0.6) is 0 Å². The van der Waals surface area contributed by atoms with Crippen molar-refractivity contribution >= 4 is 11.3 Å². The molecule has 0 amide bonds. The Morgan fingerprint density at radius 2 is 1.95 bits per heavy atom. The normalized spacial score (nSPS) is 28.9. The third-order valence-electron chi connectivity index (χ3n) is 4.62. The topological polar surface area (TPSA) is 32.3 Å². The number of hydrogen-bond donors (Lipinski definition) is 2. The summed E-state index contributed by atoms with van der Waals surface area (Å²) in [6.07, 6.45) is 9.43. The number of aliphatic hydroxyl groups is 1. The van der Waals surface area contributed by atoms with E-state index in [0.29, 0.717) is 12.1 Å². The Bertz CT molecular complexity index is 397. The molecule has 1 heterocycles. The van der Waals surface area contributed by atoms with E-state index >= 15 is 0 Å². The lowest BCUT2D eigenvalue weighted by Gasteiger charge is -2.28. The van der Waals surface area contributed by atoms with Crippen LogP contribution in [0.3, 0.4) is 0 Å². The molecule has 1 aromatic rings. The number of aliphatic hydroxyl groups excluding tert-OH is 1. The third kappa shape index (κ3) is 3.21. The maximum atomic E-state index is 9.56. The molecule has 1 atom stereocenters. The van der Waals surface area contributed by atoms with Gasteiger partial charge in [-0.2, -0.15) is 0 Å². The van der Waals surface area contributed by atoms with Crippen LogP contribution in [0.1, 0.15) is 66.8 Å². The summed E-state index contributed by atoms with van der Waals surface area (Å²) in [7, 11) is 0. The molecule has 0 aliphatic heterocycles. The lowest BCUT2D eigenvalue weighted by Crippen LogP contribution is -2.35. The van der Waals surface area contributed by atoms with Crippen molar-refractivity contribution in [3.05, 3.63) is 21.4 Å². The third-order valence-corrected chi connectivity index (χ3v) is 6.04. The van der Waals surface area contributed by atoms with Gasteiger partial charge in [-0.3, -0.25) is 0 Å². The van der Waals surface area contributed by atoms with Crippen molar-refractivity contribution < 1.29 is 5.11 Å². The Labute approximate surface area is 120 Å². The van der Waals surface area contributed by atoms with E-state index in [0.717, 1.165) is 25.7 Å². The van der Waals surface area contributed by atoms with E-state index in [1.54, 1.807) is 10.4 Å². The van der Waals surface area contributed by atoms with Crippen LogP contribution >= 0.6 is 11.3 Å². The number of fused-ring (bicyclic) bond motifs is 1. The van der Waals surface area contributed by atoms with Gasteiger partial charge in [0.1, 0.15) is 0 Å². The molecular weight excluding hydrogens is 254 g/mol. The van der Waals surface area contributed by atoms with Gasteiger partial charge in [-0.1, -0.05) is 0 Å². The van der Waals surface area contributed by atoms with E-state index < -0.39 is 0 Å². The van der Waals surface area contributed by atoms with Crippen molar-refractivity contribution in [1.82, 2.24) is 5.32 Å². The molecule has 0 bridgehead atoms. The summed E-state index contributed by atoms with van der Waals surface area (Å²) >= 11 is 2.02. The Balaban J connectivity index is 1.60. The van der Waals surface area contributed by atoms with Gasteiger partial charge in [-0.15, -0.1) is 11.3 Å². The molecule has 2 aliphatic carbocycles. The molecule has 2 N–H and O–H groups in total. The van der Waals surface area contributed by atoms with E-state index in [1.807, 2.05) is 11.3 Å². The van der Waals surface area contributed by atoms with Gasteiger partial charge in [0.15, 0.2) is 0 Å². The minimum absolute atomic E-state index is 0.0533. The first-order chi connectivity index (χ1) is 9.22. The average molecular weight is 279 g/mol. The lowest BCUT2D eigenvalue weighted by molar-refractivity contribution is 0.114. The molecule has 1 unspecified atom stereocenters. The maximum absolute atomic E-state index is 9.56. The SMILES string of the molecule is CC(NC1CCC(O)CC1)c1cc2c(s1)CCCC2. The second-order valence-corrected chi connectivity index (χ2v) is 7.37. The van der Waals surface area contributed by atoms with Crippen LogP contribution in [-0.4, -0.2) is 17.3 Å². The molecule has 1 fully saturated rings. The minimum Gasteiger partial charge on any atom is -0.393 e. The summed E-state index contributed by atoms with van der Waals surface area (Å²) in [5, 5.41) is 13.3. The van der Waals surface area contributed by atoms with Gasteiger partial charge >= 0.3 is 0 Å². The van der Waals surface area contributed by atoms with Crippen LogP contribution in [0.4, 0.5) is 0 Å². The molecule has 19 heavy (non-hydrogen) atoms. The van der Waals surface area contributed by atoms with E-state index in [9.17, 15) is 5.11 Å². The molecule has 0 aromatic carbocycles. The molecule has 1 saturated carbocycles. The molecule has 0 radical (unpaired) electrons. The molecule has 0 saturated heterocycles. The standard InChI is InChI=1S/C16H25NOS/c1-11(17-13-6-8-14(18)9-7-13)16-10-12-4-2-3-5-15(12)19-16/h10-11,13-14,17-18H,2-9H2,1H3. The molecule has 3 heteroatoms. The first-order valence-electron chi connectivity index (χ1n) is 7.78. The summed E-state index contributed by atoms with van der Waals surface area (Å²) in [5.41, 5.74) is 1.61. The Morgan fingerprint density at radius 1 is 1.21 bits per heavy atom. The smallest absolute Gasteiger partial charge is 0.0541 e. The van der Waals surface area contributed by atoms with Gasteiger partial charge in [-0.05, 0) is 69.9 Å². The molecular formula is C16H25NOS. The highest BCUT2D eigenvalue weighted by Crippen LogP contribution is 2.33. The fourth-order valence-electron chi connectivity index (χ4n) is 3.41. The molecule has 106 valence electrons. The number of rotatable bonds is 3. The number of nitrogens with one attached hydrogen (secondary N) is 1. The van der Waals surface area contributed by atoms with Crippen LogP contribution < -0.4 is 5.32 Å². The molecule has 2 nitrogen and oxygen atoms in total. The zero-order chi connectivity index (χ0) is 13.2. The van der Waals surface area contributed by atoms with Crippen LogP contribution in [0.25, 0.3) is 0 Å². The fraction of sp³-hybridized carbons (Fsp3) is 0.750. The van der Waals surface area contributed by atoms with Gasteiger partial charge < -0.3 is 10.4 Å². The Kier molecular flexibility index (Phi) is 4.25. The van der Waals surface area contributed by atoms with E-state index in [1.165, 1.54) is 30.6 Å². The van der Waals surface area contributed by atoms with Crippen molar-refractivity contribution in [3.63, 3.8) is 0 Å². The number of aryl methyl sites for hydroxylation is 2. The lowest BCUT2D eigenvalue weighted by atomic mass is 9.92. The van der Waals surface area contributed by atoms with Crippen molar-refractivity contribution in [1.29, 1.82) is 0 Å². The zero-order valence-electron chi connectivity index (χ0n) is 11.8. The predicted molar refractivity (Wildman–Crippen MR) is 80.8 cm³/mol. The maximum Gasteiger partial charge on any atom is 0.0541 e. The van der Waals surface area contributed by atoms with E-state index in [-0.39, 0.29) is 6.10 Å². The molecule has 1 aromatic heterocycles. The Morgan fingerprint density at radius 3 is 2.68 bits per heavy atom. The van der Waals surface area contributed by atoms with E-state index in [4.69, 9.17) is 0 Å². The van der Waals surface area contributed by atoms with Gasteiger partial charge in [0, 0.05) is 21.8 Å². The van der Waals surface area contributed by atoms with Gasteiger partial charge in [0.25, 0.3) is 0 Å². The summed E-state index contributed by atoms with van der Waals surface area (Å²) in [6.45, 7) is 2.29. The number of hydrogen-bond acceptors (Lipinski definition) is 3. The van der Waals surface area contributed by atoms with Gasteiger partial charge in [0.05, 0.1) is 6.10 Å². The number of thiophene rings is 1.